The molecule has 0 bridgehead atoms. The molecule has 0 saturated carbocycles. The molecule has 2 N–H and O–H groups in total. The van der Waals surface area contributed by atoms with Gasteiger partial charge in [0.25, 0.3) is 0 Å². The Hall–Kier alpha value is -0.0800. The lowest BCUT2D eigenvalue weighted by Gasteiger charge is -2.30. The average Bonchev–Trinajstić information content (AvgIpc) is 2.34. The lowest BCUT2D eigenvalue weighted by Crippen LogP contribution is -2.31. The first-order chi connectivity index (χ1) is 8.24. The van der Waals surface area contributed by atoms with Gasteiger partial charge in [0.15, 0.2) is 0 Å². The van der Waals surface area contributed by atoms with E-state index < -0.39 is 0 Å². The molecule has 2 unspecified atom stereocenters. The highest BCUT2D eigenvalue weighted by molar-refractivity contribution is 4.76. The minimum Gasteiger partial charge on any atom is -0.393 e. The number of aliphatic hydroxyl groups is 1. The van der Waals surface area contributed by atoms with Gasteiger partial charge in [-0.2, -0.15) is 0 Å². The van der Waals surface area contributed by atoms with Gasteiger partial charge in [0, 0.05) is 0 Å². The summed E-state index contributed by atoms with van der Waals surface area (Å²) >= 11 is 0. The molecule has 1 rings (SSSR count). The largest absolute Gasteiger partial charge is 0.393 e. The van der Waals surface area contributed by atoms with Crippen LogP contribution in [0.5, 0.6) is 0 Å². The van der Waals surface area contributed by atoms with E-state index >= 15 is 0 Å². The number of aliphatic hydroxyl groups excluding tert-OH is 1. The smallest absolute Gasteiger partial charge is 0.0512 e. The van der Waals surface area contributed by atoms with Crippen molar-refractivity contribution in [1.29, 1.82) is 0 Å². The maximum atomic E-state index is 9.26. The van der Waals surface area contributed by atoms with Gasteiger partial charge in [-0.15, -0.1) is 0 Å². The summed E-state index contributed by atoms with van der Waals surface area (Å²) in [6.07, 6.45) is 10.2. The van der Waals surface area contributed by atoms with Gasteiger partial charge in [-0.1, -0.05) is 39.0 Å². The summed E-state index contributed by atoms with van der Waals surface area (Å²) in [7, 11) is 0. The minimum atomic E-state index is -0.112. The summed E-state index contributed by atoms with van der Waals surface area (Å²) in [6.45, 7) is 6.65. The molecule has 2 heteroatoms. The fourth-order valence-electron chi connectivity index (χ4n) is 3.15. The van der Waals surface area contributed by atoms with E-state index in [1.54, 1.807) is 0 Å². The van der Waals surface area contributed by atoms with Crippen LogP contribution in [0.25, 0.3) is 0 Å². The molecular weight excluding hydrogens is 210 g/mol. The van der Waals surface area contributed by atoms with Crippen LogP contribution in [0, 0.1) is 11.8 Å². The summed E-state index contributed by atoms with van der Waals surface area (Å²) in [5.41, 5.74) is 0. The number of rotatable bonds is 8. The Morgan fingerprint density at radius 1 is 1.12 bits per heavy atom. The molecule has 1 aliphatic heterocycles. The molecule has 0 spiro atoms. The molecule has 1 aliphatic rings. The summed E-state index contributed by atoms with van der Waals surface area (Å²) in [6, 6.07) is 0. The first kappa shape index (κ1) is 15.0. The fraction of sp³-hybridized carbons (Fsp3) is 1.00. The highest BCUT2D eigenvalue weighted by atomic mass is 16.3. The molecule has 17 heavy (non-hydrogen) atoms. The zero-order valence-electron chi connectivity index (χ0n) is 11.8. The van der Waals surface area contributed by atoms with E-state index in [4.69, 9.17) is 0 Å². The summed E-state index contributed by atoms with van der Waals surface area (Å²) in [4.78, 5) is 0. The van der Waals surface area contributed by atoms with E-state index in [-0.39, 0.29) is 6.10 Å². The first-order valence-electron chi connectivity index (χ1n) is 7.62. The van der Waals surface area contributed by atoms with Gasteiger partial charge in [-0.25, -0.2) is 0 Å². The van der Waals surface area contributed by atoms with E-state index in [1.807, 2.05) is 6.92 Å². The van der Waals surface area contributed by atoms with Gasteiger partial charge in [0.05, 0.1) is 6.10 Å². The van der Waals surface area contributed by atoms with E-state index in [0.29, 0.717) is 0 Å². The van der Waals surface area contributed by atoms with Crippen LogP contribution in [0.1, 0.15) is 65.2 Å². The highest BCUT2D eigenvalue weighted by Crippen LogP contribution is 2.30. The van der Waals surface area contributed by atoms with Crippen LogP contribution < -0.4 is 5.32 Å². The lowest BCUT2D eigenvalue weighted by atomic mass is 9.79. The summed E-state index contributed by atoms with van der Waals surface area (Å²) in [5, 5.41) is 12.7. The van der Waals surface area contributed by atoms with Gasteiger partial charge >= 0.3 is 0 Å². The summed E-state index contributed by atoms with van der Waals surface area (Å²) < 4.78 is 0. The predicted molar refractivity (Wildman–Crippen MR) is 74.1 cm³/mol. The van der Waals surface area contributed by atoms with Crippen LogP contribution in [0.15, 0.2) is 0 Å². The maximum Gasteiger partial charge on any atom is 0.0512 e. The van der Waals surface area contributed by atoms with Crippen molar-refractivity contribution in [3.8, 4) is 0 Å². The molecule has 0 aromatic rings. The molecule has 1 fully saturated rings. The monoisotopic (exact) mass is 241 g/mol. The Morgan fingerprint density at radius 2 is 1.76 bits per heavy atom. The number of unbranched alkanes of at least 4 members (excludes halogenated alkanes) is 1. The van der Waals surface area contributed by atoms with Crippen LogP contribution in [-0.2, 0) is 0 Å². The summed E-state index contributed by atoms with van der Waals surface area (Å²) in [5.74, 6) is 1.90. The van der Waals surface area contributed by atoms with Crippen LogP contribution in [-0.4, -0.2) is 24.3 Å². The van der Waals surface area contributed by atoms with Crippen LogP contribution in [0.2, 0.25) is 0 Å². The molecule has 1 saturated heterocycles. The number of nitrogens with one attached hydrogen (secondary N) is 1. The van der Waals surface area contributed by atoms with E-state index in [2.05, 4.69) is 12.2 Å². The van der Waals surface area contributed by atoms with Crippen molar-refractivity contribution in [1.82, 2.24) is 5.32 Å². The number of hydrogen-bond donors (Lipinski definition) is 2. The zero-order valence-corrected chi connectivity index (χ0v) is 11.8. The first-order valence-corrected chi connectivity index (χ1v) is 7.62. The third-order valence-corrected chi connectivity index (χ3v) is 4.16. The predicted octanol–water partition coefficient (Wildman–Crippen LogP) is 3.34. The number of hydrogen-bond acceptors (Lipinski definition) is 2. The third kappa shape index (κ3) is 6.42. The minimum absolute atomic E-state index is 0.112. The standard InChI is InChI=1S/C15H31NO/c1-3-6-14(8-5-4-7-13(2)17)15-9-11-16-12-10-15/h13-17H,3-12H2,1-2H3. The van der Waals surface area contributed by atoms with E-state index in [0.717, 1.165) is 18.3 Å². The topological polar surface area (TPSA) is 32.3 Å². The van der Waals surface area contributed by atoms with Crippen LogP contribution >= 0.6 is 0 Å². The quantitative estimate of drug-likeness (QED) is 0.639. The van der Waals surface area contributed by atoms with Crippen molar-refractivity contribution in [3.63, 3.8) is 0 Å². The third-order valence-electron chi connectivity index (χ3n) is 4.16. The second-order valence-electron chi connectivity index (χ2n) is 5.77. The number of piperidine rings is 1. The van der Waals surface area contributed by atoms with Crippen molar-refractivity contribution in [2.24, 2.45) is 11.8 Å². The molecule has 1 heterocycles. The van der Waals surface area contributed by atoms with Crippen molar-refractivity contribution in [2.45, 2.75) is 71.3 Å². The van der Waals surface area contributed by atoms with Crippen molar-refractivity contribution in [2.75, 3.05) is 13.1 Å². The fourth-order valence-corrected chi connectivity index (χ4v) is 3.15. The second kappa shape index (κ2) is 8.93. The Kier molecular flexibility index (Phi) is 7.87. The molecule has 0 aromatic carbocycles. The van der Waals surface area contributed by atoms with Crippen LogP contribution in [0.4, 0.5) is 0 Å². The molecule has 2 atom stereocenters. The molecule has 0 amide bonds. The van der Waals surface area contributed by atoms with E-state index in [1.165, 1.54) is 58.0 Å². The van der Waals surface area contributed by atoms with Crippen molar-refractivity contribution in [3.05, 3.63) is 0 Å². The van der Waals surface area contributed by atoms with E-state index in [9.17, 15) is 5.11 Å². The highest BCUT2D eigenvalue weighted by Gasteiger charge is 2.22. The van der Waals surface area contributed by atoms with Gasteiger partial charge < -0.3 is 10.4 Å². The molecule has 0 aliphatic carbocycles. The molecule has 0 radical (unpaired) electrons. The molecule has 0 aromatic heterocycles. The Balaban J connectivity index is 2.21. The van der Waals surface area contributed by atoms with Crippen molar-refractivity contribution < 1.29 is 5.11 Å². The van der Waals surface area contributed by atoms with Gasteiger partial charge in [0.2, 0.25) is 0 Å². The Labute approximate surface area is 107 Å². The Bertz CT molecular complexity index is 176. The van der Waals surface area contributed by atoms with Crippen LogP contribution in [0.3, 0.4) is 0 Å². The SMILES string of the molecule is CCCC(CCCCC(C)O)C1CCNCC1. The average molecular weight is 241 g/mol. The van der Waals surface area contributed by atoms with Gasteiger partial charge in [-0.05, 0) is 51.1 Å². The Morgan fingerprint density at radius 3 is 2.35 bits per heavy atom. The maximum absolute atomic E-state index is 9.26. The zero-order chi connectivity index (χ0) is 12.5. The second-order valence-corrected chi connectivity index (χ2v) is 5.77. The normalized spacial score (nSPS) is 21.4. The molecular formula is C15H31NO. The van der Waals surface area contributed by atoms with Gasteiger partial charge in [-0.3, -0.25) is 0 Å². The molecule has 2 nitrogen and oxygen atoms in total. The lowest BCUT2D eigenvalue weighted by molar-refractivity contribution is 0.175. The molecule has 102 valence electrons. The van der Waals surface area contributed by atoms with Gasteiger partial charge in [0.1, 0.15) is 0 Å². The van der Waals surface area contributed by atoms with Crippen molar-refractivity contribution >= 4 is 0 Å².